The largest absolute Gasteiger partial charge is 0.355 e. The normalized spacial score (nSPS) is 24.2. The summed E-state index contributed by atoms with van der Waals surface area (Å²) in [7, 11) is -0.975. The maximum absolute atomic E-state index is 12.0. The molecule has 0 spiro atoms. The van der Waals surface area contributed by atoms with Crippen LogP contribution >= 0.6 is 0 Å². The van der Waals surface area contributed by atoms with Crippen molar-refractivity contribution >= 4 is 15.9 Å². The van der Waals surface area contributed by atoms with Crippen LogP contribution in [0.3, 0.4) is 0 Å². The summed E-state index contributed by atoms with van der Waals surface area (Å²) in [6.07, 6.45) is 8.98. The van der Waals surface area contributed by atoms with Crippen LogP contribution in [0.4, 0.5) is 0 Å². The van der Waals surface area contributed by atoms with Crippen LogP contribution in [0.15, 0.2) is 0 Å². The van der Waals surface area contributed by atoms with Gasteiger partial charge in [0.25, 0.3) is 0 Å². The van der Waals surface area contributed by atoms with E-state index < -0.39 is 10.0 Å². The Morgan fingerprint density at radius 1 is 1.22 bits per heavy atom. The van der Waals surface area contributed by atoms with Gasteiger partial charge in [0, 0.05) is 38.6 Å². The Kier molecular flexibility index (Phi) is 6.85. The van der Waals surface area contributed by atoms with Crippen LogP contribution in [0.25, 0.3) is 0 Å². The minimum atomic E-state index is -3.12. The molecular weight excluding hydrogens is 314 g/mol. The third-order valence-corrected chi connectivity index (χ3v) is 6.45. The highest BCUT2D eigenvalue weighted by atomic mass is 32.2. The van der Waals surface area contributed by atoms with Crippen LogP contribution in [0.2, 0.25) is 0 Å². The number of likely N-dealkylation sites (N-methyl/N-ethyl adjacent to an activating group) is 1. The van der Waals surface area contributed by atoms with Gasteiger partial charge in [-0.15, -0.1) is 0 Å². The van der Waals surface area contributed by atoms with E-state index in [9.17, 15) is 13.2 Å². The first-order valence-corrected chi connectivity index (χ1v) is 10.6. The second kappa shape index (κ2) is 8.44. The van der Waals surface area contributed by atoms with Crippen LogP contribution < -0.4 is 5.32 Å². The third kappa shape index (κ3) is 6.04. The van der Waals surface area contributed by atoms with E-state index in [-0.39, 0.29) is 11.8 Å². The van der Waals surface area contributed by atoms with E-state index in [1.807, 2.05) is 0 Å². The molecule has 0 bridgehead atoms. The van der Waals surface area contributed by atoms with Crippen molar-refractivity contribution in [2.24, 2.45) is 5.92 Å². The van der Waals surface area contributed by atoms with Gasteiger partial charge in [0.2, 0.25) is 15.9 Å². The summed E-state index contributed by atoms with van der Waals surface area (Å²) < 4.78 is 24.4. The second-order valence-electron chi connectivity index (χ2n) is 7.10. The van der Waals surface area contributed by atoms with E-state index in [1.165, 1.54) is 42.7 Å². The van der Waals surface area contributed by atoms with E-state index in [0.717, 1.165) is 13.0 Å². The van der Waals surface area contributed by atoms with Gasteiger partial charge < -0.3 is 10.2 Å². The van der Waals surface area contributed by atoms with Crippen molar-refractivity contribution in [2.45, 2.75) is 51.0 Å². The molecule has 1 atom stereocenters. The molecule has 1 saturated carbocycles. The highest BCUT2D eigenvalue weighted by Crippen LogP contribution is 2.22. The molecule has 1 aliphatic heterocycles. The molecule has 1 amide bonds. The van der Waals surface area contributed by atoms with E-state index in [0.29, 0.717) is 32.1 Å². The maximum Gasteiger partial charge on any atom is 0.220 e. The molecule has 7 heteroatoms. The van der Waals surface area contributed by atoms with Gasteiger partial charge in [-0.3, -0.25) is 4.79 Å². The maximum atomic E-state index is 12.0. The number of hydrogen-bond acceptors (Lipinski definition) is 4. The molecule has 23 heavy (non-hydrogen) atoms. The Labute approximate surface area is 140 Å². The Hall–Kier alpha value is -0.660. The number of rotatable bonds is 7. The van der Waals surface area contributed by atoms with Crippen molar-refractivity contribution < 1.29 is 13.2 Å². The number of amides is 1. The van der Waals surface area contributed by atoms with Gasteiger partial charge >= 0.3 is 0 Å². The average Bonchev–Trinajstić information content (AvgIpc) is 2.96. The standard InChI is InChI=1S/C16H31N3O3S/c1-18(15-6-4-3-5-7-15)11-9-17-16(20)12-14-8-10-19(13-14)23(2,21)22/h14-15H,3-13H2,1-2H3,(H,17,20). The molecule has 0 aromatic heterocycles. The van der Waals surface area contributed by atoms with E-state index >= 15 is 0 Å². The van der Waals surface area contributed by atoms with Crippen LogP contribution in [-0.4, -0.2) is 69.1 Å². The van der Waals surface area contributed by atoms with Crippen molar-refractivity contribution in [1.29, 1.82) is 0 Å². The van der Waals surface area contributed by atoms with Gasteiger partial charge in [0.15, 0.2) is 0 Å². The molecule has 2 aliphatic rings. The van der Waals surface area contributed by atoms with Gasteiger partial charge in [0.05, 0.1) is 6.26 Å². The number of hydrogen-bond donors (Lipinski definition) is 1. The molecule has 0 aromatic carbocycles. The van der Waals surface area contributed by atoms with Crippen molar-refractivity contribution in [3.8, 4) is 0 Å². The highest BCUT2D eigenvalue weighted by Gasteiger charge is 2.29. The van der Waals surface area contributed by atoms with Crippen LogP contribution in [0.5, 0.6) is 0 Å². The molecule has 0 radical (unpaired) electrons. The number of sulfonamides is 1. The van der Waals surface area contributed by atoms with Gasteiger partial charge in [-0.05, 0) is 32.2 Å². The van der Waals surface area contributed by atoms with E-state index in [2.05, 4.69) is 17.3 Å². The summed E-state index contributed by atoms with van der Waals surface area (Å²) in [6.45, 7) is 2.58. The first-order valence-electron chi connectivity index (χ1n) is 8.78. The SMILES string of the molecule is CN(CCNC(=O)CC1CCN(S(C)(=O)=O)C1)C1CCCCC1. The van der Waals surface area contributed by atoms with Crippen molar-refractivity contribution in [3.63, 3.8) is 0 Å². The van der Waals surface area contributed by atoms with Gasteiger partial charge in [0.1, 0.15) is 0 Å². The highest BCUT2D eigenvalue weighted by molar-refractivity contribution is 7.88. The Balaban J connectivity index is 1.62. The first-order chi connectivity index (χ1) is 10.9. The Bertz CT molecular complexity index is 489. The molecule has 2 rings (SSSR count). The fourth-order valence-corrected chi connectivity index (χ4v) is 4.59. The van der Waals surface area contributed by atoms with Crippen molar-refractivity contribution in [3.05, 3.63) is 0 Å². The lowest BCUT2D eigenvalue weighted by Crippen LogP contribution is -2.39. The molecule has 6 nitrogen and oxygen atoms in total. The summed E-state index contributed by atoms with van der Waals surface area (Å²) in [5.74, 6) is 0.197. The molecular formula is C16H31N3O3S. The summed E-state index contributed by atoms with van der Waals surface area (Å²) in [4.78, 5) is 14.4. The zero-order valence-electron chi connectivity index (χ0n) is 14.5. The molecule has 134 valence electrons. The smallest absolute Gasteiger partial charge is 0.220 e. The van der Waals surface area contributed by atoms with E-state index in [1.54, 1.807) is 0 Å². The number of carbonyl (C=O) groups excluding carboxylic acids is 1. The topological polar surface area (TPSA) is 69.7 Å². The second-order valence-corrected chi connectivity index (χ2v) is 9.08. The van der Waals surface area contributed by atoms with Crippen LogP contribution in [-0.2, 0) is 14.8 Å². The third-order valence-electron chi connectivity index (χ3n) is 5.18. The summed E-state index contributed by atoms with van der Waals surface area (Å²) in [5.41, 5.74) is 0. The van der Waals surface area contributed by atoms with E-state index in [4.69, 9.17) is 0 Å². The molecule has 1 N–H and O–H groups in total. The van der Waals surface area contributed by atoms with Gasteiger partial charge in [-0.2, -0.15) is 0 Å². The fourth-order valence-electron chi connectivity index (χ4n) is 3.68. The van der Waals surface area contributed by atoms with Gasteiger partial charge in [-0.25, -0.2) is 12.7 Å². The summed E-state index contributed by atoms with van der Waals surface area (Å²) in [5, 5.41) is 2.98. The monoisotopic (exact) mass is 345 g/mol. The van der Waals surface area contributed by atoms with Crippen LogP contribution in [0, 0.1) is 5.92 Å². The quantitative estimate of drug-likeness (QED) is 0.748. The lowest BCUT2D eigenvalue weighted by Gasteiger charge is -2.31. The molecule has 0 aromatic rings. The molecule has 1 saturated heterocycles. The number of carbonyl (C=O) groups is 1. The lowest BCUT2D eigenvalue weighted by atomic mass is 9.94. The summed E-state index contributed by atoms with van der Waals surface area (Å²) in [6, 6.07) is 0.666. The van der Waals surface area contributed by atoms with Gasteiger partial charge in [-0.1, -0.05) is 19.3 Å². The van der Waals surface area contributed by atoms with Crippen molar-refractivity contribution in [1.82, 2.24) is 14.5 Å². The predicted octanol–water partition coefficient (Wildman–Crippen LogP) is 1.04. The molecule has 1 aliphatic carbocycles. The predicted molar refractivity (Wildman–Crippen MR) is 91.7 cm³/mol. The number of nitrogens with zero attached hydrogens (tertiary/aromatic N) is 2. The Morgan fingerprint density at radius 3 is 2.52 bits per heavy atom. The summed E-state index contributed by atoms with van der Waals surface area (Å²) >= 11 is 0. The minimum absolute atomic E-state index is 0.0439. The molecule has 1 heterocycles. The number of nitrogens with one attached hydrogen (secondary N) is 1. The minimum Gasteiger partial charge on any atom is -0.355 e. The lowest BCUT2D eigenvalue weighted by molar-refractivity contribution is -0.122. The first kappa shape index (κ1) is 18.7. The zero-order valence-corrected chi connectivity index (χ0v) is 15.3. The fraction of sp³-hybridized carbons (Fsp3) is 0.938. The van der Waals surface area contributed by atoms with Crippen LogP contribution in [0.1, 0.15) is 44.9 Å². The molecule has 2 fully saturated rings. The molecule has 1 unspecified atom stereocenters. The van der Waals surface area contributed by atoms with Crippen molar-refractivity contribution in [2.75, 3.05) is 39.5 Å². The Morgan fingerprint density at radius 2 is 1.91 bits per heavy atom. The zero-order chi connectivity index (χ0) is 16.9. The average molecular weight is 346 g/mol.